The minimum atomic E-state index is -0.709. The number of halogens is 3. The maximum absolute atomic E-state index is 12.3. The van der Waals surface area contributed by atoms with E-state index in [-0.39, 0.29) is 11.7 Å². The summed E-state index contributed by atoms with van der Waals surface area (Å²) < 4.78 is 0. The number of anilines is 1. The number of piperidine rings is 1. The number of carbonyl (C=O) groups excluding carboxylic acids is 2. The van der Waals surface area contributed by atoms with Crippen LogP contribution in [0.15, 0.2) is 36.5 Å². The highest BCUT2D eigenvalue weighted by Gasteiger charge is 2.29. The van der Waals surface area contributed by atoms with Crippen LogP contribution in [0, 0.1) is 0 Å². The predicted octanol–water partition coefficient (Wildman–Crippen LogP) is 4.39. The van der Waals surface area contributed by atoms with Crippen molar-refractivity contribution in [1.29, 1.82) is 0 Å². The number of pyridine rings is 1. The van der Waals surface area contributed by atoms with Crippen molar-refractivity contribution in [3.05, 3.63) is 57.2 Å². The summed E-state index contributed by atoms with van der Waals surface area (Å²) in [7, 11) is 0. The lowest BCUT2D eigenvalue weighted by Gasteiger charge is -2.32. The second-order valence-electron chi connectivity index (χ2n) is 6.03. The second-order valence-corrected chi connectivity index (χ2v) is 7.25. The highest BCUT2D eigenvalue weighted by atomic mass is 35.5. The first-order chi connectivity index (χ1) is 12.5. The molecule has 5 nitrogen and oxygen atoms in total. The number of nitrogens with one attached hydrogen (secondary N) is 1. The smallest absolute Gasteiger partial charge is 0.315 e. The lowest BCUT2D eigenvalue weighted by molar-refractivity contribution is -0.143. The summed E-state index contributed by atoms with van der Waals surface area (Å²) in [4.78, 5) is 30.0. The van der Waals surface area contributed by atoms with Gasteiger partial charge in [0.15, 0.2) is 0 Å². The summed E-state index contributed by atoms with van der Waals surface area (Å²) in [6.07, 6.45) is 2.85. The molecular formula is C18H16Cl3N3O2. The molecule has 0 radical (unpaired) electrons. The molecule has 136 valence electrons. The van der Waals surface area contributed by atoms with Crippen LogP contribution in [0.2, 0.25) is 15.1 Å². The molecule has 0 aliphatic carbocycles. The van der Waals surface area contributed by atoms with E-state index in [0.29, 0.717) is 28.2 Å². The normalized spacial score (nSPS) is 15.0. The Bertz CT molecular complexity index is 819. The Labute approximate surface area is 166 Å². The molecule has 0 saturated carbocycles. The first kappa shape index (κ1) is 19.0. The second kappa shape index (κ2) is 8.25. The molecule has 2 aromatic rings. The van der Waals surface area contributed by atoms with Crippen molar-refractivity contribution >= 4 is 52.4 Å². The molecule has 0 atom stereocenters. The van der Waals surface area contributed by atoms with Crippen molar-refractivity contribution in [2.45, 2.75) is 18.8 Å². The van der Waals surface area contributed by atoms with Crippen molar-refractivity contribution in [1.82, 2.24) is 9.88 Å². The summed E-state index contributed by atoms with van der Waals surface area (Å²) in [5.74, 6) is -0.781. The molecule has 2 amide bonds. The van der Waals surface area contributed by atoms with Gasteiger partial charge in [0.05, 0.1) is 15.1 Å². The zero-order chi connectivity index (χ0) is 18.7. The van der Waals surface area contributed by atoms with Crippen molar-refractivity contribution in [3.8, 4) is 0 Å². The first-order valence-corrected chi connectivity index (χ1v) is 9.25. The monoisotopic (exact) mass is 411 g/mol. The average molecular weight is 413 g/mol. The number of hydrogen-bond acceptors (Lipinski definition) is 3. The van der Waals surface area contributed by atoms with Gasteiger partial charge in [0.1, 0.15) is 5.82 Å². The Balaban J connectivity index is 1.58. The van der Waals surface area contributed by atoms with Gasteiger partial charge in [-0.2, -0.15) is 0 Å². The number of benzene rings is 1. The van der Waals surface area contributed by atoms with Crippen LogP contribution in [0.25, 0.3) is 0 Å². The van der Waals surface area contributed by atoms with E-state index in [0.717, 1.165) is 18.4 Å². The minimum Gasteiger partial charge on any atom is -0.334 e. The molecule has 26 heavy (non-hydrogen) atoms. The van der Waals surface area contributed by atoms with Gasteiger partial charge in [-0.1, -0.05) is 46.9 Å². The van der Waals surface area contributed by atoms with Crippen LogP contribution >= 0.6 is 34.8 Å². The van der Waals surface area contributed by atoms with Crippen LogP contribution in [0.1, 0.15) is 24.3 Å². The van der Waals surface area contributed by atoms with Crippen LogP contribution < -0.4 is 5.32 Å². The Morgan fingerprint density at radius 1 is 1.08 bits per heavy atom. The molecule has 0 unspecified atom stereocenters. The summed E-state index contributed by atoms with van der Waals surface area (Å²) in [6.45, 7) is 0.960. The molecule has 1 aliphatic rings. The standard InChI is InChI=1S/C18H16Cl3N3O2/c19-12-4-5-15(22-10-12)23-17(25)18(26)24-8-6-11(7-9-24)13-2-1-3-14(20)16(13)21/h1-5,10-11H,6-9H2,(H,22,23,25). The van der Waals surface area contributed by atoms with E-state index >= 15 is 0 Å². The molecule has 8 heteroatoms. The van der Waals surface area contributed by atoms with Gasteiger partial charge in [0.25, 0.3) is 0 Å². The summed E-state index contributed by atoms with van der Waals surface area (Å²) in [5.41, 5.74) is 0.987. The maximum Gasteiger partial charge on any atom is 0.315 e. The van der Waals surface area contributed by atoms with Gasteiger partial charge < -0.3 is 10.2 Å². The Hall–Kier alpha value is -1.82. The quantitative estimate of drug-likeness (QED) is 0.744. The van der Waals surface area contributed by atoms with Crippen LogP contribution in [0.4, 0.5) is 5.82 Å². The molecule has 2 heterocycles. The molecule has 1 fully saturated rings. The molecule has 3 rings (SSSR count). The fourth-order valence-electron chi connectivity index (χ4n) is 2.99. The summed E-state index contributed by atoms with van der Waals surface area (Å²) in [5, 5.41) is 4.03. The Morgan fingerprint density at radius 2 is 1.81 bits per heavy atom. The highest BCUT2D eigenvalue weighted by Crippen LogP contribution is 2.36. The van der Waals surface area contributed by atoms with Gasteiger partial charge in [0, 0.05) is 19.3 Å². The predicted molar refractivity (Wildman–Crippen MR) is 103 cm³/mol. The molecule has 1 N–H and O–H groups in total. The number of amides is 2. The number of aromatic nitrogens is 1. The van der Waals surface area contributed by atoms with Gasteiger partial charge >= 0.3 is 11.8 Å². The zero-order valence-corrected chi connectivity index (χ0v) is 16.0. The topological polar surface area (TPSA) is 62.3 Å². The van der Waals surface area contributed by atoms with E-state index < -0.39 is 11.8 Å². The summed E-state index contributed by atoms with van der Waals surface area (Å²) >= 11 is 18.1. The third-order valence-corrected chi connectivity index (χ3v) is 5.42. The molecule has 1 aliphatic heterocycles. The van der Waals surface area contributed by atoms with Crippen molar-refractivity contribution in [2.24, 2.45) is 0 Å². The number of likely N-dealkylation sites (tertiary alicyclic amines) is 1. The lowest BCUT2D eigenvalue weighted by Crippen LogP contribution is -2.43. The Kier molecular flexibility index (Phi) is 6.01. The minimum absolute atomic E-state index is 0.214. The third-order valence-electron chi connectivity index (χ3n) is 4.37. The van der Waals surface area contributed by atoms with Gasteiger partial charge in [0.2, 0.25) is 0 Å². The molecule has 1 aromatic heterocycles. The number of hydrogen-bond donors (Lipinski definition) is 1. The van der Waals surface area contributed by atoms with Crippen LogP contribution in [0.5, 0.6) is 0 Å². The fraction of sp³-hybridized carbons (Fsp3) is 0.278. The molecular weight excluding hydrogens is 397 g/mol. The van der Waals surface area contributed by atoms with E-state index in [1.165, 1.54) is 6.20 Å². The van der Waals surface area contributed by atoms with Crippen molar-refractivity contribution < 1.29 is 9.59 Å². The number of carbonyl (C=O) groups is 2. The van der Waals surface area contributed by atoms with E-state index in [9.17, 15) is 9.59 Å². The van der Waals surface area contributed by atoms with Gasteiger partial charge in [-0.3, -0.25) is 9.59 Å². The lowest BCUT2D eigenvalue weighted by atomic mass is 9.89. The van der Waals surface area contributed by atoms with Crippen LogP contribution in [-0.4, -0.2) is 34.8 Å². The van der Waals surface area contributed by atoms with Gasteiger partial charge in [-0.25, -0.2) is 4.98 Å². The molecule has 0 spiro atoms. The zero-order valence-electron chi connectivity index (χ0n) is 13.7. The number of rotatable bonds is 2. The third kappa shape index (κ3) is 4.29. The average Bonchev–Trinajstić information content (AvgIpc) is 2.65. The summed E-state index contributed by atoms with van der Waals surface area (Å²) in [6, 6.07) is 8.71. The largest absolute Gasteiger partial charge is 0.334 e. The van der Waals surface area contributed by atoms with Crippen molar-refractivity contribution in [2.75, 3.05) is 18.4 Å². The maximum atomic E-state index is 12.3. The van der Waals surface area contributed by atoms with E-state index in [1.54, 1.807) is 23.1 Å². The highest BCUT2D eigenvalue weighted by molar-refractivity contribution is 6.42. The Morgan fingerprint density at radius 3 is 2.46 bits per heavy atom. The molecule has 1 aromatic carbocycles. The van der Waals surface area contributed by atoms with E-state index in [1.807, 2.05) is 12.1 Å². The SMILES string of the molecule is O=C(Nc1ccc(Cl)cn1)C(=O)N1CCC(c2cccc(Cl)c2Cl)CC1. The number of nitrogens with zero attached hydrogens (tertiary/aromatic N) is 2. The van der Waals surface area contributed by atoms with Crippen molar-refractivity contribution in [3.63, 3.8) is 0 Å². The fourth-order valence-corrected chi connectivity index (χ4v) is 3.57. The van der Waals surface area contributed by atoms with E-state index in [2.05, 4.69) is 10.3 Å². The first-order valence-electron chi connectivity index (χ1n) is 8.11. The molecule has 0 bridgehead atoms. The van der Waals surface area contributed by atoms with Gasteiger partial charge in [-0.15, -0.1) is 0 Å². The molecule has 1 saturated heterocycles. The van der Waals surface area contributed by atoms with Gasteiger partial charge in [-0.05, 0) is 42.5 Å². The van der Waals surface area contributed by atoms with Crippen LogP contribution in [-0.2, 0) is 9.59 Å². The van der Waals surface area contributed by atoms with E-state index in [4.69, 9.17) is 34.8 Å². The van der Waals surface area contributed by atoms with Crippen LogP contribution in [0.3, 0.4) is 0 Å².